The van der Waals surface area contributed by atoms with Gasteiger partial charge in [0.15, 0.2) is 23.1 Å². The number of para-hydroxylation sites is 1. The lowest BCUT2D eigenvalue weighted by Gasteiger charge is -2.51. The number of ether oxygens (including phenoxy) is 2. The third-order valence-electron chi connectivity index (χ3n) is 8.56. The lowest BCUT2D eigenvalue weighted by Crippen LogP contribution is -2.66. The number of hydrogen-bond acceptors (Lipinski definition) is 5. The molecule has 0 bridgehead atoms. The van der Waals surface area contributed by atoms with E-state index in [4.69, 9.17) is 9.47 Å². The second-order valence-corrected chi connectivity index (χ2v) is 11.0. The van der Waals surface area contributed by atoms with Crippen LogP contribution in [0.25, 0.3) is 16.9 Å². The van der Waals surface area contributed by atoms with Crippen LogP contribution < -0.4 is 15.2 Å². The SMILES string of the molecule is O=C1c2c(OCc3ccccc3)c(=O)ccn2N([C@@H]2c3ccccc3-n3cccc3-c3c2ccc(F)c3F)[C@@H]2COCCN12. The quantitative estimate of drug-likeness (QED) is 0.293. The summed E-state index contributed by atoms with van der Waals surface area (Å²) in [6.45, 7) is 0.847. The molecule has 2 aromatic heterocycles. The van der Waals surface area contributed by atoms with Crippen LogP contribution in [0.4, 0.5) is 8.78 Å². The van der Waals surface area contributed by atoms with E-state index >= 15 is 4.39 Å². The van der Waals surface area contributed by atoms with Gasteiger partial charge < -0.3 is 18.9 Å². The first kappa shape index (κ1) is 26.4. The van der Waals surface area contributed by atoms with Gasteiger partial charge in [-0.05, 0) is 35.4 Å². The summed E-state index contributed by atoms with van der Waals surface area (Å²) in [5, 5.41) is 1.92. The number of benzene rings is 3. The van der Waals surface area contributed by atoms with Crippen molar-refractivity contribution in [3.63, 3.8) is 0 Å². The zero-order valence-electron chi connectivity index (χ0n) is 23.4. The maximum Gasteiger partial charge on any atom is 0.278 e. The molecule has 8 nitrogen and oxygen atoms in total. The Kier molecular flexibility index (Phi) is 6.12. The third kappa shape index (κ3) is 3.91. The predicted molar refractivity (Wildman–Crippen MR) is 158 cm³/mol. The van der Waals surface area contributed by atoms with Gasteiger partial charge in [0.25, 0.3) is 5.91 Å². The van der Waals surface area contributed by atoms with E-state index in [1.165, 1.54) is 6.07 Å². The highest BCUT2D eigenvalue weighted by Gasteiger charge is 2.46. The maximum atomic E-state index is 15.9. The van der Waals surface area contributed by atoms with Gasteiger partial charge in [0.05, 0.1) is 24.6 Å². The van der Waals surface area contributed by atoms with E-state index in [1.54, 1.807) is 34.0 Å². The van der Waals surface area contributed by atoms with Gasteiger partial charge in [0.2, 0.25) is 5.43 Å². The molecule has 0 N–H and O–H groups in total. The fourth-order valence-electron chi connectivity index (χ4n) is 6.63. The number of nitrogens with zero attached hydrogens (tertiary/aromatic N) is 4. The fraction of sp³-hybridized carbons (Fsp3) is 0.176. The van der Waals surface area contributed by atoms with E-state index in [-0.39, 0.29) is 42.7 Å². The van der Waals surface area contributed by atoms with Crippen molar-refractivity contribution >= 4 is 5.91 Å². The Balaban J connectivity index is 1.39. The number of halogens is 2. The van der Waals surface area contributed by atoms with Crippen molar-refractivity contribution < 1.29 is 23.0 Å². The van der Waals surface area contributed by atoms with Gasteiger partial charge in [-0.15, -0.1) is 0 Å². The molecule has 8 rings (SSSR count). The van der Waals surface area contributed by atoms with Gasteiger partial charge in [-0.1, -0.05) is 54.6 Å². The molecule has 1 saturated heterocycles. The van der Waals surface area contributed by atoms with Crippen LogP contribution in [0.3, 0.4) is 0 Å². The largest absolute Gasteiger partial charge is 0.482 e. The van der Waals surface area contributed by atoms with Crippen LogP contribution in [-0.4, -0.2) is 46.0 Å². The van der Waals surface area contributed by atoms with E-state index < -0.39 is 29.3 Å². The molecule has 5 aromatic rings. The average Bonchev–Trinajstić information content (AvgIpc) is 3.50. The molecule has 1 fully saturated rings. The Labute approximate surface area is 250 Å². The number of morpholine rings is 1. The minimum absolute atomic E-state index is 0.0667. The molecular formula is C34H26F2N4O4. The predicted octanol–water partition coefficient (Wildman–Crippen LogP) is 5.02. The number of carbonyl (C=O) groups is 1. The second kappa shape index (κ2) is 10.2. The summed E-state index contributed by atoms with van der Waals surface area (Å²) in [4.78, 5) is 29.1. The van der Waals surface area contributed by atoms with Crippen LogP contribution in [0.5, 0.6) is 5.75 Å². The monoisotopic (exact) mass is 592 g/mol. The smallest absolute Gasteiger partial charge is 0.278 e. The molecule has 3 aliphatic heterocycles. The molecule has 3 aromatic carbocycles. The van der Waals surface area contributed by atoms with Gasteiger partial charge in [-0.2, -0.15) is 0 Å². The average molecular weight is 593 g/mol. The van der Waals surface area contributed by atoms with Crippen LogP contribution >= 0.6 is 0 Å². The number of fused-ring (bicyclic) bond motifs is 7. The number of rotatable bonds is 4. The van der Waals surface area contributed by atoms with Crippen LogP contribution in [-0.2, 0) is 11.3 Å². The summed E-state index contributed by atoms with van der Waals surface area (Å²) < 4.78 is 46.3. The maximum absolute atomic E-state index is 15.9. The number of aromatic nitrogens is 2. The van der Waals surface area contributed by atoms with Crippen LogP contribution in [0.15, 0.2) is 102 Å². The van der Waals surface area contributed by atoms with E-state index in [0.29, 0.717) is 17.9 Å². The Morgan fingerprint density at radius 2 is 1.68 bits per heavy atom. The first-order chi connectivity index (χ1) is 21.5. The Morgan fingerprint density at radius 1 is 0.864 bits per heavy atom. The van der Waals surface area contributed by atoms with Gasteiger partial charge in [0.1, 0.15) is 18.8 Å². The van der Waals surface area contributed by atoms with Crippen molar-refractivity contribution in [3.05, 3.63) is 142 Å². The van der Waals surface area contributed by atoms with Crippen LogP contribution in [0.2, 0.25) is 0 Å². The minimum Gasteiger partial charge on any atom is -0.482 e. The van der Waals surface area contributed by atoms with Crippen molar-refractivity contribution in [2.45, 2.75) is 18.8 Å². The molecule has 0 unspecified atom stereocenters. The molecule has 220 valence electrons. The lowest BCUT2D eigenvalue weighted by atomic mass is 9.91. The zero-order valence-corrected chi connectivity index (χ0v) is 23.4. The first-order valence-corrected chi connectivity index (χ1v) is 14.4. The van der Waals surface area contributed by atoms with Crippen molar-refractivity contribution in [3.8, 4) is 22.7 Å². The topological polar surface area (TPSA) is 68.9 Å². The highest BCUT2D eigenvalue weighted by atomic mass is 19.2. The number of amides is 1. The van der Waals surface area contributed by atoms with Crippen molar-refractivity contribution in [1.29, 1.82) is 0 Å². The number of hydrogen-bond donors (Lipinski definition) is 0. The Morgan fingerprint density at radius 3 is 2.55 bits per heavy atom. The second-order valence-electron chi connectivity index (χ2n) is 11.0. The zero-order chi connectivity index (χ0) is 29.9. The van der Waals surface area contributed by atoms with Gasteiger partial charge >= 0.3 is 0 Å². The summed E-state index contributed by atoms with van der Waals surface area (Å²) in [5.74, 6) is -2.36. The third-order valence-corrected chi connectivity index (χ3v) is 8.56. The molecule has 0 spiro atoms. The lowest BCUT2D eigenvalue weighted by molar-refractivity contribution is -0.0198. The molecule has 0 radical (unpaired) electrons. The molecule has 0 aliphatic carbocycles. The van der Waals surface area contributed by atoms with Crippen molar-refractivity contribution in [1.82, 2.24) is 14.1 Å². The van der Waals surface area contributed by atoms with E-state index in [9.17, 15) is 14.0 Å². The fourth-order valence-corrected chi connectivity index (χ4v) is 6.63. The molecular weight excluding hydrogens is 566 g/mol. The standard InChI is InChI=1S/C34H26F2N4O4/c35-24-13-12-23-29(30(24)36)26-11-6-15-37(26)25-10-5-4-9-22(25)31(23)40-28-20-43-18-17-38(28)34(42)32-33(27(41)14-16-39(32)40)44-19-21-7-2-1-3-8-21/h1-16,28,31H,17-20H2/t28-,31-/m1/s1. The van der Waals surface area contributed by atoms with Crippen molar-refractivity contribution in [2.24, 2.45) is 0 Å². The normalized spacial score (nSPS) is 18.5. The molecule has 0 saturated carbocycles. The Bertz CT molecular complexity index is 1990. The summed E-state index contributed by atoms with van der Waals surface area (Å²) in [6.07, 6.45) is 2.75. The van der Waals surface area contributed by atoms with Gasteiger partial charge in [0, 0.05) is 36.1 Å². The van der Waals surface area contributed by atoms with Crippen molar-refractivity contribution in [2.75, 3.05) is 24.8 Å². The van der Waals surface area contributed by atoms with Crippen LogP contribution in [0.1, 0.15) is 33.2 Å². The molecule has 3 aliphatic rings. The van der Waals surface area contributed by atoms with E-state index in [2.05, 4.69) is 0 Å². The number of carbonyl (C=O) groups excluding carboxylic acids is 1. The summed E-state index contributed by atoms with van der Waals surface area (Å²) in [7, 11) is 0. The number of pyridine rings is 1. The highest BCUT2D eigenvalue weighted by molar-refractivity contribution is 5.97. The first-order valence-electron chi connectivity index (χ1n) is 14.4. The summed E-state index contributed by atoms with van der Waals surface area (Å²) in [6, 6.07) is 24.0. The van der Waals surface area contributed by atoms with E-state index in [1.807, 2.05) is 70.4 Å². The highest BCUT2D eigenvalue weighted by Crippen LogP contribution is 2.46. The molecule has 2 atom stereocenters. The molecule has 1 amide bonds. The molecule has 10 heteroatoms. The van der Waals surface area contributed by atoms with Gasteiger partial charge in [-0.25, -0.2) is 8.78 Å². The Hall–Kier alpha value is -5.22. The summed E-state index contributed by atoms with van der Waals surface area (Å²) in [5.41, 5.74) is 3.18. The molecule has 44 heavy (non-hydrogen) atoms. The van der Waals surface area contributed by atoms with Crippen LogP contribution in [0, 0.1) is 11.6 Å². The minimum atomic E-state index is -0.961. The van der Waals surface area contributed by atoms with E-state index in [0.717, 1.165) is 22.9 Å². The molecule has 5 heterocycles. The van der Waals surface area contributed by atoms with Gasteiger partial charge in [-0.3, -0.25) is 19.3 Å². The summed E-state index contributed by atoms with van der Waals surface area (Å²) >= 11 is 0.